The zero-order chi connectivity index (χ0) is 13.1. The molecule has 1 rings (SSSR count). The summed E-state index contributed by atoms with van der Waals surface area (Å²) in [5.41, 5.74) is -0.262. The van der Waals surface area contributed by atoms with Crippen molar-refractivity contribution >= 4 is 22.8 Å². The maximum absolute atomic E-state index is 11.9. The van der Waals surface area contributed by atoms with Gasteiger partial charge >= 0.3 is 0 Å². The third kappa shape index (κ3) is 4.00. The van der Waals surface area contributed by atoms with Crippen LogP contribution in [0.5, 0.6) is 0 Å². The highest BCUT2D eigenvalue weighted by Crippen LogP contribution is 2.28. The maximum Gasteiger partial charge on any atom is 0.223 e. The fraction of sp³-hybridized carbons (Fsp3) is 0.833. The highest BCUT2D eigenvalue weighted by atomic mass is 32.2. The third-order valence-corrected chi connectivity index (χ3v) is 4.00. The van der Waals surface area contributed by atoms with E-state index in [-0.39, 0.29) is 22.5 Å². The lowest BCUT2D eigenvalue weighted by atomic mass is 10.1. The number of thioether (sulfide) groups is 1. The van der Waals surface area contributed by atoms with Gasteiger partial charge in [-0.05, 0) is 19.8 Å². The maximum atomic E-state index is 11.9. The minimum atomic E-state index is -0.262. The number of likely N-dealkylation sites (tertiary alicyclic amines) is 1. The number of hydrogen-bond donors (Lipinski definition) is 0. The molecular weight excluding hydrogens is 238 g/mol. The van der Waals surface area contributed by atoms with Gasteiger partial charge in [0.05, 0.1) is 12.1 Å². The van der Waals surface area contributed by atoms with E-state index in [1.54, 1.807) is 14.0 Å². The topological polar surface area (TPSA) is 46.6 Å². The molecule has 0 radical (unpaired) electrons. The summed E-state index contributed by atoms with van der Waals surface area (Å²) in [4.78, 5) is 24.7. The molecule has 0 aromatic carbocycles. The summed E-state index contributed by atoms with van der Waals surface area (Å²) in [6, 6.07) is 0. The van der Waals surface area contributed by atoms with Gasteiger partial charge in [-0.15, -0.1) is 0 Å². The molecule has 5 heteroatoms. The zero-order valence-electron chi connectivity index (χ0n) is 11.0. The lowest BCUT2D eigenvalue weighted by molar-refractivity contribution is -0.133. The Bertz CT molecular complexity index is 304. The van der Waals surface area contributed by atoms with Crippen LogP contribution < -0.4 is 0 Å². The van der Waals surface area contributed by atoms with Crippen LogP contribution in [0.25, 0.3) is 0 Å². The van der Waals surface area contributed by atoms with Gasteiger partial charge < -0.3 is 9.64 Å². The number of amides is 1. The quantitative estimate of drug-likeness (QED) is 0.751. The smallest absolute Gasteiger partial charge is 0.223 e. The first-order valence-corrected chi connectivity index (χ1v) is 6.78. The molecule has 1 fully saturated rings. The van der Waals surface area contributed by atoms with Crippen LogP contribution in [0, 0.1) is 5.92 Å². The van der Waals surface area contributed by atoms with Crippen LogP contribution >= 0.6 is 11.8 Å². The van der Waals surface area contributed by atoms with E-state index in [1.165, 1.54) is 11.8 Å². The van der Waals surface area contributed by atoms with Crippen molar-refractivity contribution in [2.75, 3.05) is 26.0 Å². The predicted molar refractivity (Wildman–Crippen MR) is 68.9 cm³/mol. The number of hydrogen-bond acceptors (Lipinski definition) is 4. The summed E-state index contributed by atoms with van der Waals surface area (Å²) in [6.07, 6.45) is 0.549. The number of carbonyl (C=O) groups is 2. The fourth-order valence-corrected chi connectivity index (χ4v) is 2.84. The SMILES string of the molecule is COCC(C)(C)N1CC(CSC(C)=O)CC1=O. The van der Waals surface area contributed by atoms with E-state index in [9.17, 15) is 9.59 Å². The van der Waals surface area contributed by atoms with Crippen molar-refractivity contribution in [3.8, 4) is 0 Å². The highest BCUT2D eigenvalue weighted by molar-refractivity contribution is 8.13. The molecule has 0 saturated carbocycles. The van der Waals surface area contributed by atoms with Crippen LogP contribution in [-0.4, -0.2) is 47.5 Å². The summed E-state index contributed by atoms with van der Waals surface area (Å²) in [7, 11) is 1.64. The molecule has 0 aromatic heterocycles. The largest absolute Gasteiger partial charge is 0.382 e. The second-order valence-corrected chi connectivity index (χ2v) is 6.32. The van der Waals surface area contributed by atoms with Crippen molar-refractivity contribution in [2.24, 2.45) is 5.92 Å². The van der Waals surface area contributed by atoms with Gasteiger partial charge in [0.25, 0.3) is 0 Å². The molecule has 0 aromatic rings. The Labute approximate surface area is 107 Å². The Kier molecular flexibility index (Phi) is 5.01. The Morgan fingerprint density at radius 3 is 2.76 bits per heavy atom. The van der Waals surface area contributed by atoms with Gasteiger partial charge in [-0.25, -0.2) is 0 Å². The van der Waals surface area contributed by atoms with Gasteiger partial charge in [-0.2, -0.15) is 0 Å². The van der Waals surface area contributed by atoms with Crippen molar-refractivity contribution in [3.63, 3.8) is 0 Å². The summed E-state index contributed by atoms with van der Waals surface area (Å²) in [5.74, 6) is 1.19. The first-order valence-electron chi connectivity index (χ1n) is 5.79. The third-order valence-electron chi connectivity index (χ3n) is 2.96. The van der Waals surface area contributed by atoms with Gasteiger partial charge in [0.2, 0.25) is 5.91 Å². The molecule has 0 aliphatic carbocycles. The average molecular weight is 259 g/mol. The molecule has 0 bridgehead atoms. The van der Waals surface area contributed by atoms with Gasteiger partial charge in [0.15, 0.2) is 5.12 Å². The number of nitrogens with zero attached hydrogens (tertiary/aromatic N) is 1. The second kappa shape index (κ2) is 5.87. The van der Waals surface area contributed by atoms with Gasteiger partial charge in [0.1, 0.15) is 0 Å². The fourth-order valence-electron chi connectivity index (χ4n) is 2.14. The molecule has 4 nitrogen and oxygen atoms in total. The average Bonchev–Trinajstić information content (AvgIpc) is 2.57. The van der Waals surface area contributed by atoms with E-state index in [4.69, 9.17) is 4.74 Å². The van der Waals surface area contributed by atoms with Crippen LogP contribution in [0.15, 0.2) is 0 Å². The molecule has 0 N–H and O–H groups in total. The van der Waals surface area contributed by atoms with Crippen molar-refractivity contribution in [1.29, 1.82) is 0 Å². The van der Waals surface area contributed by atoms with E-state index in [0.29, 0.717) is 13.0 Å². The second-order valence-electron chi connectivity index (χ2n) is 5.12. The van der Waals surface area contributed by atoms with Crippen LogP contribution in [0.1, 0.15) is 27.2 Å². The lowest BCUT2D eigenvalue weighted by Gasteiger charge is -2.35. The summed E-state index contributed by atoms with van der Waals surface area (Å²) >= 11 is 1.31. The van der Waals surface area contributed by atoms with E-state index in [1.807, 2.05) is 18.7 Å². The Balaban J connectivity index is 2.54. The summed E-state index contributed by atoms with van der Waals surface area (Å²) in [6.45, 7) is 6.85. The van der Waals surface area contributed by atoms with Gasteiger partial charge in [-0.3, -0.25) is 9.59 Å². The minimum absolute atomic E-state index is 0.118. The number of ether oxygens (including phenoxy) is 1. The Morgan fingerprint density at radius 2 is 2.24 bits per heavy atom. The number of methoxy groups -OCH3 is 1. The standard InChI is InChI=1S/C12H21NO3S/c1-9(14)17-7-10-5-11(15)13(6-10)12(2,3)8-16-4/h10H,5-8H2,1-4H3. The molecule has 1 amide bonds. The molecule has 0 spiro atoms. The predicted octanol–water partition coefficient (Wildman–Crippen LogP) is 1.54. The molecule has 98 valence electrons. The van der Waals surface area contributed by atoms with Crippen molar-refractivity contribution < 1.29 is 14.3 Å². The first-order chi connectivity index (χ1) is 7.86. The highest BCUT2D eigenvalue weighted by Gasteiger charge is 2.38. The molecule has 1 aliphatic rings. The minimum Gasteiger partial charge on any atom is -0.382 e. The number of rotatable bonds is 5. The zero-order valence-corrected chi connectivity index (χ0v) is 11.8. The van der Waals surface area contributed by atoms with Gasteiger partial charge in [-0.1, -0.05) is 11.8 Å². The van der Waals surface area contributed by atoms with Crippen LogP contribution in [0.3, 0.4) is 0 Å². The van der Waals surface area contributed by atoms with Crippen molar-refractivity contribution in [2.45, 2.75) is 32.7 Å². The molecule has 1 heterocycles. The molecule has 17 heavy (non-hydrogen) atoms. The lowest BCUT2D eigenvalue weighted by Crippen LogP contribution is -2.48. The van der Waals surface area contributed by atoms with Crippen molar-refractivity contribution in [1.82, 2.24) is 4.90 Å². The molecular formula is C12H21NO3S. The van der Waals surface area contributed by atoms with E-state index >= 15 is 0 Å². The Morgan fingerprint density at radius 1 is 1.59 bits per heavy atom. The van der Waals surface area contributed by atoms with Crippen LogP contribution in [0.2, 0.25) is 0 Å². The summed E-state index contributed by atoms with van der Waals surface area (Å²) < 4.78 is 5.15. The van der Waals surface area contributed by atoms with E-state index in [2.05, 4.69) is 0 Å². The summed E-state index contributed by atoms with van der Waals surface area (Å²) in [5, 5.41) is 0.118. The molecule has 1 unspecified atom stereocenters. The van der Waals surface area contributed by atoms with Crippen LogP contribution in [-0.2, 0) is 14.3 Å². The normalized spacial score (nSPS) is 21.1. The molecule has 1 saturated heterocycles. The Hall–Kier alpha value is -0.550. The van der Waals surface area contributed by atoms with Crippen molar-refractivity contribution in [3.05, 3.63) is 0 Å². The number of carbonyl (C=O) groups excluding carboxylic acids is 2. The van der Waals surface area contributed by atoms with Gasteiger partial charge in [0, 0.05) is 32.8 Å². The molecule has 1 aliphatic heterocycles. The van der Waals surface area contributed by atoms with E-state index < -0.39 is 0 Å². The molecule has 1 atom stereocenters. The van der Waals surface area contributed by atoms with Crippen LogP contribution in [0.4, 0.5) is 0 Å². The first kappa shape index (κ1) is 14.5. The van der Waals surface area contributed by atoms with E-state index in [0.717, 1.165) is 12.3 Å². The monoisotopic (exact) mass is 259 g/mol.